The van der Waals surface area contributed by atoms with Crippen molar-refractivity contribution in [3.63, 3.8) is 0 Å². The van der Waals surface area contributed by atoms with E-state index in [0.29, 0.717) is 27.8 Å². The standard InChI is InChI=1S/C24H20N2O3/c1-29-22-14-8-7-13-21(22)25-15-20-18-11-5-6-12-19(18)23(27)26(24(20)28)16-17-9-3-2-4-10-17/h2-15,28H,16H2,1H3. The summed E-state index contributed by atoms with van der Waals surface area (Å²) in [5, 5.41) is 12.2. The van der Waals surface area contributed by atoms with Crippen LogP contribution in [0.15, 0.2) is 88.6 Å². The minimum absolute atomic E-state index is 0.115. The predicted molar refractivity (Wildman–Crippen MR) is 116 cm³/mol. The summed E-state index contributed by atoms with van der Waals surface area (Å²) in [6, 6.07) is 24.2. The lowest BCUT2D eigenvalue weighted by molar-refractivity contribution is 0.415. The molecule has 0 amide bonds. The molecule has 0 aliphatic heterocycles. The first kappa shape index (κ1) is 18.5. The smallest absolute Gasteiger partial charge is 0.261 e. The molecule has 0 aliphatic carbocycles. The molecule has 4 aromatic rings. The number of aliphatic imine (C=N–C) groups is 1. The molecule has 0 radical (unpaired) electrons. The van der Waals surface area contributed by atoms with Gasteiger partial charge in [0.1, 0.15) is 11.4 Å². The van der Waals surface area contributed by atoms with Crippen LogP contribution in [-0.4, -0.2) is 23.0 Å². The molecule has 0 fully saturated rings. The summed E-state index contributed by atoms with van der Waals surface area (Å²) in [4.78, 5) is 17.5. The zero-order valence-corrected chi connectivity index (χ0v) is 15.9. The fourth-order valence-electron chi connectivity index (χ4n) is 3.32. The zero-order valence-electron chi connectivity index (χ0n) is 15.9. The Morgan fingerprint density at radius 2 is 1.59 bits per heavy atom. The molecule has 5 nitrogen and oxygen atoms in total. The lowest BCUT2D eigenvalue weighted by atomic mass is 10.1. The molecule has 0 spiro atoms. The molecule has 0 unspecified atom stereocenters. The number of benzene rings is 3. The number of hydrogen-bond acceptors (Lipinski definition) is 4. The largest absolute Gasteiger partial charge is 0.494 e. The summed E-state index contributed by atoms with van der Waals surface area (Å²) in [6.07, 6.45) is 1.58. The van der Waals surface area contributed by atoms with Crippen LogP contribution in [0.25, 0.3) is 10.8 Å². The van der Waals surface area contributed by atoms with Crippen LogP contribution in [0.2, 0.25) is 0 Å². The Balaban J connectivity index is 1.89. The minimum Gasteiger partial charge on any atom is -0.494 e. The van der Waals surface area contributed by atoms with E-state index in [1.807, 2.05) is 72.8 Å². The van der Waals surface area contributed by atoms with Gasteiger partial charge in [-0.2, -0.15) is 0 Å². The molecule has 0 saturated carbocycles. The molecule has 0 aliphatic rings. The molecule has 4 rings (SSSR count). The number of rotatable bonds is 5. The molecule has 1 heterocycles. The van der Waals surface area contributed by atoms with Crippen molar-refractivity contribution in [2.45, 2.75) is 6.54 Å². The van der Waals surface area contributed by atoms with Crippen LogP contribution in [-0.2, 0) is 6.54 Å². The molecule has 1 aromatic heterocycles. The molecule has 1 N–H and O–H groups in total. The van der Waals surface area contributed by atoms with E-state index in [9.17, 15) is 9.90 Å². The van der Waals surface area contributed by atoms with Gasteiger partial charge >= 0.3 is 0 Å². The fraction of sp³-hybridized carbons (Fsp3) is 0.0833. The van der Waals surface area contributed by atoms with Crippen LogP contribution in [0.5, 0.6) is 11.6 Å². The quantitative estimate of drug-likeness (QED) is 0.515. The molecule has 0 bridgehead atoms. The highest BCUT2D eigenvalue weighted by molar-refractivity contribution is 6.02. The Kier molecular flexibility index (Phi) is 5.12. The Bertz CT molecular complexity index is 1240. The highest BCUT2D eigenvalue weighted by Gasteiger charge is 2.15. The Morgan fingerprint density at radius 3 is 2.34 bits per heavy atom. The highest BCUT2D eigenvalue weighted by Crippen LogP contribution is 2.28. The highest BCUT2D eigenvalue weighted by atomic mass is 16.5. The lowest BCUT2D eigenvalue weighted by Crippen LogP contribution is -2.22. The van der Waals surface area contributed by atoms with E-state index in [2.05, 4.69) is 4.99 Å². The van der Waals surface area contributed by atoms with E-state index in [-0.39, 0.29) is 18.0 Å². The lowest BCUT2D eigenvalue weighted by Gasteiger charge is -2.14. The normalized spacial score (nSPS) is 11.2. The number of ether oxygens (including phenoxy) is 1. The van der Waals surface area contributed by atoms with Crippen molar-refractivity contribution in [1.29, 1.82) is 0 Å². The zero-order chi connectivity index (χ0) is 20.2. The topological polar surface area (TPSA) is 63.8 Å². The van der Waals surface area contributed by atoms with Gasteiger partial charge in [0.2, 0.25) is 5.88 Å². The van der Waals surface area contributed by atoms with Crippen molar-refractivity contribution in [1.82, 2.24) is 4.57 Å². The Hall–Kier alpha value is -3.86. The summed E-state index contributed by atoms with van der Waals surface area (Å²) in [7, 11) is 1.58. The number of hydrogen-bond donors (Lipinski definition) is 1. The van der Waals surface area contributed by atoms with Gasteiger partial charge in [0.05, 0.1) is 19.2 Å². The second-order valence-electron chi connectivity index (χ2n) is 6.59. The van der Waals surface area contributed by atoms with Gasteiger partial charge in [-0.15, -0.1) is 0 Å². The number of methoxy groups -OCH3 is 1. The van der Waals surface area contributed by atoms with Gasteiger partial charge in [0, 0.05) is 17.0 Å². The summed E-state index contributed by atoms with van der Waals surface area (Å²) < 4.78 is 6.72. The molecule has 3 aromatic carbocycles. The number of aromatic nitrogens is 1. The minimum atomic E-state index is -0.239. The third-order valence-electron chi connectivity index (χ3n) is 4.79. The van der Waals surface area contributed by atoms with Gasteiger partial charge < -0.3 is 9.84 Å². The molecule has 5 heteroatoms. The second-order valence-corrected chi connectivity index (χ2v) is 6.59. The number of pyridine rings is 1. The maximum Gasteiger partial charge on any atom is 0.261 e. The van der Waals surface area contributed by atoms with Gasteiger partial charge in [0.15, 0.2) is 0 Å². The predicted octanol–water partition coefficient (Wildman–Crippen LogP) is 4.51. The van der Waals surface area contributed by atoms with E-state index < -0.39 is 0 Å². The monoisotopic (exact) mass is 384 g/mol. The van der Waals surface area contributed by atoms with Crippen LogP contribution in [0.3, 0.4) is 0 Å². The number of fused-ring (bicyclic) bond motifs is 1. The summed E-state index contributed by atoms with van der Waals surface area (Å²) >= 11 is 0. The van der Waals surface area contributed by atoms with Gasteiger partial charge in [-0.05, 0) is 23.8 Å². The first-order chi connectivity index (χ1) is 14.2. The third kappa shape index (κ3) is 3.62. The van der Waals surface area contributed by atoms with Crippen molar-refractivity contribution >= 4 is 22.7 Å². The maximum atomic E-state index is 13.0. The first-order valence-corrected chi connectivity index (χ1v) is 9.24. The Labute approximate surface area is 168 Å². The van der Waals surface area contributed by atoms with Gasteiger partial charge in [-0.1, -0.05) is 60.7 Å². The van der Waals surface area contributed by atoms with E-state index in [0.717, 1.165) is 5.56 Å². The maximum absolute atomic E-state index is 13.0. The van der Waals surface area contributed by atoms with E-state index in [1.54, 1.807) is 19.4 Å². The summed E-state index contributed by atoms with van der Waals surface area (Å²) in [5.74, 6) is 0.515. The average Bonchev–Trinajstić information content (AvgIpc) is 2.77. The van der Waals surface area contributed by atoms with Crippen molar-refractivity contribution in [2.75, 3.05) is 7.11 Å². The van der Waals surface area contributed by atoms with Crippen molar-refractivity contribution in [3.8, 4) is 11.6 Å². The van der Waals surface area contributed by atoms with Gasteiger partial charge in [-0.25, -0.2) is 0 Å². The van der Waals surface area contributed by atoms with E-state index in [4.69, 9.17) is 4.74 Å². The number of aromatic hydroxyl groups is 1. The van der Waals surface area contributed by atoms with Crippen LogP contribution < -0.4 is 10.3 Å². The third-order valence-corrected chi connectivity index (χ3v) is 4.79. The number of nitrogens with zero attached hydrogens (tertiary/aromatic N) is 2. The SMILES string of the molecule is COc1ccccc1N=Cc1c(O)n(Cc2ccccc2)c(=O)c2ccccc12. The molecule has 29 heavy (non-hydrogen) atoms. The summed E-state index contributed by atoms with van der Waals surface area (Å²) in [5.41, 5.74) is 1.81. The first-order valence-electron chi connectivity index (χ1n) is 9.24. The second kappa shape index (κ2) is 8.02. The molecule has 0 saturated heterocycles. The molecular formula is C24H20N2O3. The molecule has 0 atom stereocenters. The summed E-state index contributed by atoms with van der Waals surface area (Å²) in [6.45, 7) is 0.270. The van der Waals surface area contributed by atoms with Crippen LogP contribution >= 0.6 is 0 Å². The van der Waals surface area contributed by atoms with E-state index in [1.165, 1.54) is 4.57 Å². The average molecular weight is 384 g/mol. The molecule has 144 valence electrons. The van der Waals surface area contributed by atoms with Gasteiger partial charge in [-0.3, -0.25) is 14.4 Å². The number of para-hydroxylation sites is 2. The van der Waals surface area contributed by atoms with Crippen molar-refractivity contribution in [2.24, 2.45) is 4.99 Å². The van der Waals surface area contributed by atoms with E-state index >= 15 is 0 Å². The van der Waals surface area contributed by atoms with Crippen LogP contribution in [0.1, 0.15) is 11.1 Å². The molecular weight excluding hydrogens is 364 g/mol. The van der Waals surface area contributed by atoms with Crippen LogP contribution in [0, 0.1) is 0 Å². The van der Waals surface area contributed by atoms with Crippen molar-refractivity contribution < 1.29 is 9.84 Å². The van der Waals surface area contributed by atoms with Gasteiger partial charge in [0.25, 0.3) is 5.56 Å². The fourth-order valence-corrected chi connectivity index (χ4v) is 3.32. The van der Waals surface area contributed by atoms with Crippen molar-refractivity contribution in [3.05, 3.63) is 100 Å². The van der Waals surface area contributed by atoms with Crippen LogP contribution in [0.4, 0.5) is 5.69 Å². The Morgan fingerprint density at radius 1 is 0.931 bits per heavy atom.